The van der Waals surface area contributed by atoms with E-state index in [9.17, 15) is 0 Å². The second-order valence-corrected chi connectivity index (χ2v) is 4.84. The summed E-state index contributed by atoms with van der Waals surface area (Å²) < 4.78 is 7.46. The van der Waals surface area contributed by atoms with Gasteiger partial charge in [-0.1, -0.05) is 19.9 Å². The highest BCUT2D eigenvalue weighted by atomic mass is 16.5. The van der Waals surface area contributed by atoms with Crippen molar-refractivity contribution in [3.8, 4) is 5.75 Å². The predicted octanol–water partition coefficient (Wildman–Crippen LogP) is 2.14. The zero-order valence-corrected chi connectivity index (χ0v) is 11.6. The first-order chi connectivity index (χ1) is 9.06. The third kappa shape index (κ3) is 3.47. The third-order valence-corrected chi connectivity index (χ3v) is 2.81. The number of rotatable bonds is 5. The van der Waals surface area contributed by atoms with Crippen molar-refractivity contribution in [1.29, 1.82) is 0 Å². The number of hydrogen-bond donors (Lipinski definition) is 1. The van der Waals surface area contributed by atoms with Gasteiger partial charge in [-0.2, -0.15) is 5.10 Å². The van der Waals surface area contributed by atoms with Gasteiger partial charge in [0.05, 0.1) is 6.61 Å². The fraction of sp³-hybridized carbons (Fsp3) is 0.429. The second-order valence-electron chi connectivity index (χ2n) is 4.84. The summed E-state index contributed by atoms with van der Waals surface area (Å²) in [7, 11) is 1.92. The normalized spacial score (nSPS) is 10.9. The van der Waals surface area contributed by atoms with Gasteiger partial charge in [-0.15, -0.1) is 0 Å². The van der Waals surface area contributed by atoms with Crippen LogP contribution in [0.25, 0.3) is 0 Å². The van der Waals surface area contributed by atoms with Gasteiger partial charge in [0.1, 0.15) is 11.6 Å². The van der Waals surface area contributed by atoms with Crippen LogP contribution < -0.4 is 10.5 Å². The Hall–Kier alpha value is -2.04. The van der Waals surface area contributed by atoms with Gasteiger partial charge in [0.25, 0.3) is 0 Å². The lowest BCUT2D eigenvalue weighted by Crippen LogP contribution is -2.03. The number of nitrogens with two attached hydrogens (primary N) is 1. The molecule has 0 saturated carbocycles. The van der Waals surface area contributed by atoms with Crippen LogP contribution in [0.3, 0.4) is 0 Å². The molecule has 0 aliphatic rings. The van der Waals surface area contributed by atoms with Crippen LogP contribution in [0.15, 0.2) is 24.3 Å². The van der Waals surface area contributed by atoms with E-state index in [1.165, 1.54) is 0 Å². The molecule has 0 aliphatic carbocycles. The Morgan fingerprint density at radius 1 is 1.37 bits per heavy atom. The van der Waals surface area contributed by atoms with E-state index in [0.29, 0.717) is 24.6 Å². The fourth-order valence-corrected chi connectivity index (χ4v) is 1.92. The predicted molar refractivity (Wildman–Crippen MR) is 75.1 cm³/mol. The van der Waals surface area contributed by atoms with E-state index in [1.54, 1.807) is 0 Å². The fourth-order valence-electron chi connectivity index (χ4n) is 1.92. The van der Waals surface area contributed by atoms with E-state index in [4.69, 9.17) is 10.5 Å². The summed E-state index contributed by atoms with van der Waals surface area (Å²) in [5, 5.41) is 4.38. The Bertz CT molecular complexity index is 548. The van der Waals surface area contributed by atoms with E-state index < -0.39 is 0 Å². The van der Waals surface area contributed by atoms with Gasteiger partial charge < -0.3 is 10.5 Å². The maximum absolute atomic E-state index is 5.69. The molecule has 5 nitrogen and oxygen atoms in total. The quantitative estimate of drug-likeness (QED) is 0.836. The van der Waals surface area contributed by atoms with Crippen LogP contribution in [0, 0.1) is 0 Å². The Morgan fingerprint density at radius 3 is 2.79 bits per heavy atom. The van der Waals surface area contributed by atoms with E-state index in [1.807, 2.05) is 36.0 Å². The minimum atomic E-state index is 0.376. The Kier molecular flexibility index (Phi) is 4.04. The number of benzene rings is 1. The van der Waals surface area contributed by atoms with Crippen LogP contribution in [-0.2, 0) is 13.5 Å². The monoisotopic (exact) mass is 260 g/mol. The van der Waals surface area contributed by atoms with Crippen molar-refractivity contribution in [3.63, 3.8) is 0 Å². The summed E-state index contributed by atoms with van der Waals surface area (Å²) in [6, 6.07) is 7.41. The molecule has 2 rings (SSSR count). The topological polar surface area (TPSA) is 66.0 Å². The summed E-state index contributed by atoms with van der Waals surface area (Å²) in [5.41, 5.74) is 6.39. The van der Waals surface area contributed by atoms with E-state index in [2.05, 4.69) is 23.9 Å². The van der Waals surface area contributed by atoms with Crippen LogP contribution in [0.1, 0.15) is 31.4 Å². The number of aromatic nitrogens is 3. The summed E-state index contributed by atoms with van der Waals surface area (Å²) in [4.78, 5) is 4.51. The average Bonchev–Trinajstić information content (AvgIpc) is 2.71. The molecule has 102 valence electrons. The van der Waals surface area contributed by atoms with Gasteiger partial charge in [0.15, 0.2) is 5.82 Å². The number of nitrogen functional groups attached to an aromatic ring is 1. The summed E-state index contributed by atoms with van der Waals surface area (Å²) in [6.07, 6.45) is 0.690. The molecule has 19 heavy (non-hydrogen) atoms. The maximum atomic E-state index is 5.69. The maximum Gasteiger partial charge on any atom is 0.154 e. The number of nitrogens with zero attached hydrogens (tertiary/aromatic N) is 3. The zero-order valence-electron chi connectivity index (χ0n) is 11.6. The minimum Gasteiger partial charge on any atom is -0.493 e. The molecule has 0 unspecified atom stereocenters. The first-order valence-corrected chi connectivity index (χ1v) is 6.44. The first kappa shape index (κ1) is 13.4. The SMILES string of the molecule is CC(C)c1nc(CCOc2cccc(N)c2)nn1C. The number of hydrogen-bond acceptors (Lipinski definition) is 4. The molecule has 0 fully saturated rings. The van der Waals surface area contributed by atoms with Gasteiger partial charge >= 0.3 is 0 Å². The molecular formula is C14H20N4O. The second kappa shape index (κ2) is 5.73. The highest BCUT2D eigenvalue weighted by Crippen LogP contribution is 2.15. The lowest BCUT2D eigenvalue weighted by atomic mass is 10.2. The summed E-state index contributed by atoms with van der Waals surface area (Å²) >= 11 is 0. The van der Waals surface area contributed by atoms with Gasteiger partial charge in [-0.3, -0.25) is 4.68 Å². The number of ether oxygens (including phenoxy) is 1. The van der Waals surface area contributed by atoms with Crippen LogP contribution in [0.5, 0.6) is 5.75 Å². The molecule has 0 bridgehead atoms. The highest BCUT2D eigenvalue weighted by molar-refractivity contribution is 5.43. The smallest absolute Gasteiger partial charge is 0.154 e. The van der Waals surface area contributed by atoms with Crippen LogP contribution in [0.4, 0.5) is 5.69 Å². The lowest BCUT2D eigenvalue weighted by molar-refractivity contribution is 0.319. The van der Waals surface area contributed by atoms with Crippen molar-refractivity contribution in [2.45, 2.75) is 26.2 Å². The molecule has 2 aromatic rings. The molecule has 1 aromatic heterocycles. The first-order valence-electron chi connectivity index (χ1n) is 6.44. The molecular weight excluding hydrogens is 240 g/mol. The van der Waals surface area contributed by atoms with Crippen molar-refractivity contribution in [3.05, 3.63) is 35.9 Å². The largest absolute Gasteiger partial charge is 0.493 e. The van der Waals surface area contributed by atoms with Gasteiger partial charge in [-0.25, -0.2) is 4.98 Å². The minimum absolute atomic E-state index is 0.376. The molecule has 0 atom stereocenters. The summed E-state index contributed by atoms with van der Waals surface area (Å²) in [5.74, 6) is 2.97. The molecule has 5 heteroatoms. The van der Waals surface area contributed by atoms with Crippen molar-refractivity contribution < 1.29 is 4.74 Å². The molecule has 2 N–H and O–H groups in total. The van der Waals surface area contributed by atoms with Crippen molar-refractivity contribution in [2.75, 3.05) is 12.3 Å². The van der Waals surface area contributed by atoms with Gasteiger partial charge in [-0.05, 0) is 12.1 Å². The van der Waals surface area contributed by atoms with Crippen molar-refractivity contribution in [2.24, 2.45) is 7.05 Å². The Balaban J connectivity index is 1.91. The van der Waals surface area contributed by atoms with E-state index in [0.717, 1.165) is 17.4 Å². The Morgan fingerprint density at radius 2 is 2.16 bits per heavy atom. The number of anilines is 1. The van der Waals surface area contributed by atoms with Gasteiger partial charge in [0, 0.05) is 31.1 Å². The van der Waals surface area contributed by atoms with Crippen LogP contribution in [-0.4, -0.2) is 21.4 Å². The molecule has 0 amide bonds. The zero-order chi connectivity index (χ0) is 13.8. The van der Waals surface area contributed by atoms with E-state index >= 15 is 0 Å². The van der Waals surface area contributed by atoms with E-state index in [-0.39, 0.29) is 0 Å². The molecule has 0 radical (unpaired) electrons. The summed E-state index contributed by atoms with van der Waals surface area (Å²) in [6.45, 7) is 4.76. The molecule has 1 aromatic carbocycles. The molecule has 0 aliphatic heterocycles. The lowest BCUT2D eigenvalue weighted by Gasteiger charge is -2.04. The van der Waals surface area contributed by atoms with Crippen molar-refractivity contribution in [1.82, 2.24) is 14.8 Å². The van der Waals surface area contributed by atoms with Crippen LogP contribution in [0.2, 0.25) is 0 Å². The molecule has 1 heterocycles. The van der Waals surface area contributed by atoms with Crippen molar-refractivity contribution >= 4 is 5.69 Å². The molecule has 0 spiro atoms. The average molecular weight is 260 g/mol. The molecule has 0 saturated heterocycles. The van der Waals surface area contributed by atoms with Gasteiger partial charge in [0.2, 0.25) is 0 Å². The number of aryl methyl sites for hydroxylation is 1. The Labute approximate surface area is 113 Å². The standard InChI is InChI=1S/C14H20N4O/c1-10(2)14-16-13(17-18(14)3)7-8-19-12-6-4-5-11(15)9-12/h4-6,9-10H,7-8,15H2,1-3H3. The van der Waals surface area contributed by atoms with Crippen LogP contribution >= 0.6 is 0 Å². The highest BCUT2D eigenvalue weighted by Gasteiger charge is 2.10. The third-order valence-electron chi connectivity index (χ3n) is 2.81.